The van der Waals surface area contributed by atoms with Gasteiger partial charge < -0.3 is 29.9 Å². The van der Waals surface area contributed by atoms with Gasteiger partial charge in [-0.15, -0.1) is 0 Å². The van der Waals surface area contributed by atoms with Gasteiger partial charge in [-0.05, 0) is 50.6 Å². The fraction of sp³-hybridized carbons (Fsp3) is 0.417. The molecule has 0 unspecified atom stereocenters. The van der Waals surface area contributed by atoms with E-state index in [1.807, 2.05) is 0 Å². The standard InChI is InChI=1S/C24H31ClN4O6/c1-24(2,3)35-23(34)28(4)12-11-26-21(32)19-10-9-18(22(33)29(19)13-14-30)20(31)27-15-16-5-7-17(25)8-6-16/h5-10,30H,11-15H2,1-4H3,(H,26,32)(H,27,31). The molecule has 2 rings (SSSR count). The quantitative estimate of drug-likeness (QED) is 0.477. The second kappa shape index (κ2) is 12.4. The zero-order chi connectivity index (χ0) is 26.2. The number of nitrogens with zero attached hydrogens (tertiary/aromatic N) is 2. The first-order chi connectivity index (χ1) is 16.4. The van der Waals surface area contributed by atoms with Gasteiger partial charge in [-0.2, -0.15) is 0 Å². The van der Waals surface area contributed by atoms with Crippen LogP contribution in [-0.4, -0.2) is 64.8 Å². The molecule has 0 radical (unpaired) electrons. The Morgan fingerprint density at radius 1 is 1.06 bits per heavy atom. The van der Waals surface area contributed by atoms with Gasteiger partial charge in [0.1, 0.15) is 16.9 Å². The van der Waals surface area contributed by atoms with Crippen LogP contribution in [0.4, 0.5) is 4.79 Å². The number of aromatic nitrogens is 1. The summed E-state index contributed by atoms with van der Waals surface area (Å²) in [5, 5.41) is 15.3. The third-order valence-electron chi connectivity index (χ3n) is 4.78. The van der Waals surface area contributed by atoms with Gasteiger partial charge in [0.2, 0.25) is 0 Å². The predicted octanol–water partition coefficient (Wildman–Crippen LogP) is 2.02. The summed E-state index contributed by atoms with van der Waals surface area (Å²) >= 11 is 5.85. The largest absolute Gasteiger partial charge is 0.444 e. The maximum atomic E-state index is 12.9. The number of nitrogens with one attached hydrogen (secondary N) is 2. The molecule has 1 heterocycles. The van der Waals surface area contributed by atoms with Gasteiger partial charge in [0.05, 0.1) is 6.61 Å². The predicted molar refractivity (Wildman–Crippen MR) is 132 cm³/mol. The average Bonchev–Trinajstić information content (AvgIpc) is 2.78. The van der Waals surface area contributed by atoms with Crippen molar-refractivity contribution in [1.29, 1.82) is 0 Å². The highest BCUT2D eigenvalue weighted by atomic mass is 35.5. The maximum absolute atomic E-state index is 12.9. The number of amides is 3. The minimum atomic E-state index is -0.703. The molecule has 1 aromatic carbocycles. The van der Waals surface area contributed by atoms with E-state index in [1.165, 1.54) is 17.0 Å². The number of carbonyl (C=O) groups is 3. The maximum Gasteiger partial charge on any atom is 0.410 e. The summed E-state index contributed by atoms with van der Waals surface area (Å²) in [6, 6.07) is 9.50. The van der Waals surface area contributed by atoms with Crippen molar-refractivity contribution in [2.75, 3.05) is 26.7 Å². The minimum absolute atomic E-state index is 0.0155. The normalized spacial score (nSPS) is 11.0. The van der Waals surface area contributed by atoms with E-state index < -0.39 is 35.7 Å². The van der Waals surface area contributed by atoms with E-state index in [4.69, 9.17) is 16.3 Å². The molecular weight excluding hydrogens is 476 g/mol. The number of pyridine rings is 1. The fourth-order valence-electron chi connectivity index (χ4n) is 3.01. The van der Waals surface area contributed by atoms with Crippen molar-refractivity contribution in [3.63, 3.8) is 0 Å². The van der Waals surface area contributed by atoms with Crippen LogP contribution >= 0.6 is 11.6 Å². The number of benzene rings is 1. The molecule has 3 N–H and O–H groups in total. The molecule has 1 aromatic heterocycles. The zero-order valence-corrected chi connectivity index (χ0v) is 21.0. The van der Waals surface area contributed by atoms with Gasteiger partial charge in [-0.25, -0.2) is 4.79 Å². The summed E-state index contributed by atoms with van der Waals surface area (Å²) in [5.41, 5.74) is -0.721. The van der Waals surface area contributed by atoms with Crippen LogP contribution in [0.1, 0.15) is 47.2 Å². The Kier molecular flexibility index (Phi) is 9.85. The van der Waals surface area contributed by atoms with Gasteiger partial charge in [-0.1, -0.05) is 23.7 Å². The summed E-state index contributed by atoms with van der Waals surface area (Å²) in [6.45, 7) is 5.15. The first-order valence-electron chi connectivity index (χ1n) is 11.0. The Bertz CT molecular complexity index is 1110. The molecule has 0 saturated carbocycles. The smallest absolute Gasteiger partial charge is 0.410 e. The molecule has 0 bridgehead atoms. The zero-order valence-electron chi connectivity index (χ0n) is 20.3. The Hall–Kier alpha value is -3.37. The molecule has 2 aromatic rings. The Balaban J connectivity index is 2.06. The minimum Gasteiger partial charge on any atom is -0.444 e. The number of rotatable bonds is 9. The van der Waals surface area contributed by atoms with Crippen LogP contribution in [0.15, 0.2) is 41.2 Å². The van der Waals surface area contributed by atoms with Crippen LogP contribution in [0.3, 0.4) is 0 Å². The number of carbonyl (C=O) groups excluding carboxylic acids is 3. The first kappa shape index (κ1) is 27.9. The Morgan fingerprint density at radius 3 is 2.31 bits per heavy atom. The van der Waals surface area contributed by atoms with Crippen molar-refractivity contribution in [3.05, 3.63) is 68.6 Å². The van der Waals surface area contributed by atoms with Gasteiger partial charge in [0.25, 0.3) is 17.4 Å². The van der Waals surface area contributed by atoms with E-state index in [2.05, 4.69) is 10.6 Å². The van der Waals surface area contributed by atoms with E-state index >= 15 is 0 Å². The lowest BCUT2D eigenvalue weighted by molar-refractivity contribution is 0.0299. The molecule has 0 aliphatic heterocycles. The summed E-state index contributed by atoms with van der Waals surface area (Å²) in [6.07, 6.45) is -0.530. The van der Waals surface area contributed by atoms with E-state index in [9.17, 15) is 24.3 Å². The van der Waals surface area contributed by atoms with Crippen LogP contribution < -0.4 is 16.2 Å². The number of hydrogen-bond acceptors (Lipinski definition) is 6. The monoisotopic (exact) mass is 506 g/mol. The lowest BCUT2D eigenvalue weighted by Gasteiger charge is -2.24. The van der Waals surface area contributed by atoms with Crippen molar-refractivity contribution in [1.82, 2.24) is 20.1 Å². The highest BCUT2D eigenvalue weighted by Crippen LogP contribution is 2.10. The average molecular weight is 507 g/mol. The SMILES string of the molecule is CN(CCNC(=O)c1ccc(C(=O)NCc2ccc(Cl)cc2)c(=O)n1CCO)C(=O)OC(C)(C)C. The summed E-state index contributed by atoms with van der Waals surface area (Å²) in [4.78, 5) is 51.5. The molecule has 0 spiro atoms. The van der Waals surface area contributed by atoms with Gasteiger partial charge >= 0.3 is 6.09 Å². The second-order valence-electron chi connectivity index (χ2n) is 8.78. The molecule has 0 fully saturated rings. The third kappa shape index (κ3) is 8.41. The van der Waals surface area contributed by atoms with E-state index in [0.717, 1.165) is 10.1 Å². The lowest BCUT2D eigenvalue weighted by atomic mass is 10.2. The molecule has 10 nitrogen and oxygen atoms in total. The molecule has 3 amide bonds. The van der Waals surface area contributed by atoms with Crippen LogP contribution in [0, 0.1) is 0 Å². The second-order valence-corrected chi connectivity index (χ2v) is 9.22. The molecule has 190 valence electrons. The van der Waals surface area contributed by atoms with Crippen molar-refractivity contribution in [3.8, 4) is 0 Å². The van der Waals surface area contributed by atoms with Crippen LogP contribution in [0.5, 0.6) is 0 Å². The van der Waals surface area contributed by atoms with E-state index in [-0.39, 0.29) is 37.4 Å². The van der Waals surface area contributed by atoms with Crippen LogP contribution in [-0.2, 0) is 17.8 Å². The van der Waals surface area contributed by atoms with Gasteiger partial charge in [0.15, 0.2) is 0 Å². The number of hydrogen-bond donors (Lipinski definition) is 3. The number of aliphatic hydroxyl groups excluding tert-OH is 1. The number of likely N-dealkylation sites (N-methyl/N-ethyl adjacent to an activating group) is 1. The topological polar surface area (TPSA) is 130 Å². The van der Waals surface area contributed by atoms with Crippen LogP contribution in [0.2, 0.25) is 5.02 Å². The molecule has 11 heteroatoms. The molecule has 0 atom stereocenters. The van der Waals surface area contributed by atoms with Crippen molar-refractivity contribution >= 4 is 29.5 Å². The van der Waals surface area contributed by atoms with Crippen LogP contribution in [0.25, 0.3) is 0 Å². The van der Waals surface area contributed by atoms with E-state index in [1.54, 1.807) is 52.1 Å². The van der Waals surface area contributed by atoms with Crippen molar-refractivity contribution in [2.45, 2.75) is 39.5 Å². The van der Waals surface area contributed by atoms with Gasteiger partial charge in [0, 0.05) is 38.2 Å². The highest BCUT2D eigenvalue weighted by molar-refractivity contribution is 6.30. The summed E-state index contributed by atoms with van der Waals surface area (Å²) < 4.78 is 6.30. The first-order valence-corrected chi connectivity index (χ1v) is 11.4. The summed E-state index contributed by atoms with van der Waals surface area (Å²) in [7, 11) is 1.54. The van der Waals surface area contributed by atoms with E-state index in [0.29, 0.717) is 5.02 Å². The van der Waals surface area contributed by atoms with Gasteiger partial charge in [-0.3, -0.25) is 14.4 Å². The number of ether oxygens (including phenoxy) is 1. The molecule has 0 aliphatic rings. The number of aliphatic hydroxyl groups is 1. The highest BCUT2D eigenvalue weighted by Gasteiger charge is 2.21. The fourth-order valence-corrected chi connectivity index (χ4v) is 3.14. The Morgan fingerprint density at radius 2 is 1.71 bits per heavy atom. The number of halogens is 1. The van der Waals surface area contributed by atoms with Crippen molar-refractivity contribution < 1.29 is 24.2 Å². The molecular formula is C24H31ClN4O6. The summed E-state index contributed by atoms with van der Waals surface area (Å²) in [5.74, 6) is -1.19. The molecule has 0 saturated heterocycles. The molecule has 35 heavy (non-hydrogen) atoms. The molecule has 0 aliphatic carbocycles. The Labute approximate surface area is 208 Å². The lowest BCUT2D eigenvalue weighted by Crippen LogP contribution is -2.41. The van der Waals surface area contributed by atoms with Crippen molar-refractivity contribution in [2.24, 2.45) is 0 Å². The third-order valence-corrected chi connectivity index (χ3v) is 5.03.